The first kappa shape index (κ1) is 18.5. The number of nitrogens with one attached hydrogen (secondary N) is 2. The predicted octanol–water partition coefficient (Wildman–Crippen LogP) is 3.83. The predicted molar refractivity (Wildman–Crippen MR) is 104 cm³/mol. The zero-order valence-electron chi connectivity index (χ0n) is 14.7. The topological polar surface area (TPSA) is 92.9 Å². The maximum Gasteiger partial charge on any atom is 0.254 e. The van der Waals surface area contributed by atoms with E-state index in [0.29, 0.717) is 34.8 Å². The molecule has 1 aromatic carbocycles. The monoisotopic (exact) mass is 373 g/mol. The van der Waals surface area contributed by atoms with Crippen molar-refractivity contribution in [1.82, 2.24) is 9.97 Å². The van der Waals surface area contributed by atoms with Gasteiger partial charge in [0.05, 0.1) is 5.56 Å². The van der Waals surface area contributed by atoms with Gasteiger partial charge >= 0.3 is 0 Å². The van der Waals surface area contributed by atoms with Crippen LogP contribution in [0.4, 0.5) is 11.8 Å². The van der Waals surface area contributed by atoms with Crippen molar-refractivity contribution in [1.29, 1.82) is 0 Å². The van der Waals surface area contributed by atoms with Crippen LogP contribution in [0.2, 0.25) is 5.02 Å². The molecule has 1 fully saturated rings. The summed E-state index contributed by atoms with van der Waals surface area (Å²) in [7, 11) is 0. The number of hydrogen-bond acceptors (Lipinski definition) is 5. The summed E-state index contributed by atoms with van der Waals surface area (Å²) >= 11 is 5.90. The first-order valence-electron chi connectivity index (χ1n) is 9.01. The van der Waals surface area contributed by atoms with Gasteiger partial charge in [-0.05, 0) is 36.5 Å². The Morgan fingerprint density at radius 2 is 1.88 bits per heavy atom. The minimum Gasteiger partial charge on any atom is -0.369 e. The molecule has 0 saturated heterocycles. The summed E-state index contributed by atoms with van der Waals surface area (Å²) in [5.41, 5.74) is 6.84. The van der Waals surface area contributed by atoms with E-state index in [1.807, 2.05) is 24.3 Å². The van der Waals surface area contributed by atoms with Crippen molar-refractivity contribution in [3.05, 3.63) is 46.6 Å². The van der Waals surface area contributed by atoms with Crippen molar-refractivity contribution in [3.63, 3.8) is 0 Å². The highest BCUT2D eigenvalue weighted by Gasteiger charge is 2.16. The Morgan fingerprint density at radius 3 is 2.58 bits per heavy atom. The number of nitrogens with two attached hydrogens (primary N) is 1. The van der Waals surface area contributed by atoms with E-state index in [4.69, 9.17) is 17.3 Å². The Labute approximate surface area is 158 Å². The fourth-order valence-electron chi connectivity index (χ4n) is 3.20. The molecule has 138 valence electrons. The van der Waals surface area contributed by atoms with Crippen LogP contribution in [0.5, 0.6) is 0 Å². The molecule has 1 heterocycles. The molecule has 1 aromatic heterocycles. The van der Waals surface area contributed by atoms with Gasteiger partial charge in [-0.1, -0.05) is 43.0 Å². The molecule has 0 aliphatic heterocycles. The molecule has 6 nitrogen and oxygen atoms in total. The zero-order chi connectivity index (χ0) is 18.4. The number of carbonyl (C=O) groups excluding carboxylic acids is 1. The van der Waals surface area contributed by atoms with E-state index in [2.05, 4.69) is 20.6 Å². The van der Waals surface area contributed by atoms with Crippen LogP contribution < -0.4 is 16.4 Å². The second-order valence-corrected chi connectivity index (χ2v) is 7.12. The van der Waals surface area contributed by atoms with Crippen LogP contribution in [-0.4, -0.2) is 22.4 Å². The van der Waals surface area contributed by atoms with Crippen LogP contribution in [0.25, 0.3) is 0 Å². The van der Waals surface area contributed by atoms with Crippen LogP contribution in [-0.2, 0) is 6.54 Å². The quantitative estimate of drug-likeness (QED) is 0.685. The van der Waals surface area contributed by atoms with Gasteiger partial charge in [-0.15, -0.1) is 0 Å². The Balaban J connectivity index is 1.66. The maximum absolute atomic E-state index is 11.7. The Hall–Kier alpha value is -2.34. The zero-order valence-corrected chi connectivity index (χ0v) is 15.4. The number of rotatable bonds is 7. The van der Waals surface area contributed by atoms with E-state index < -0.39 is 5.91 Å². The first-order valence-corrected chi connectivity index (χ1v) is 9.38. The number of primary amides is 1. The molecule has 0 bridgehead atoms. The first-order chi connectivity index (χ1) is 12.6. The SMILES string of the molecule is NC(=O)c1cnc(NCc2ccc(Cl)cc2)nc1NCC1CCCCC1. The van der Waals surface area contributed by atoms with Crippen molar-refractivity contribution in [3.8, 4) is 0 Å². The molecule has 1 aliphatic carbocycles. The van der Waals surface area contributed by atoms with E-state index >= 15 is 0 Å². The molecule has 1 amide bonds. The van der Waals surface area contributed by atoms with E-state index in [-0.39, 0.29) is 0 Å². The molecule has 3 rings (SSSR count). The molecule has 2 aromatic rings. The van der Waals surface area contributed by atoms with Gasteiger partial charge in [0.25, 0.3) is 5.91 Å². The van der Waals surface area contributed by atoms with E-state index in [9.17, 15) is 4.79 Å². The number of anilines is 2. The van der Waals surface area contributed by atoms with Crippen molar-refractivity contribution >= 4 is 29.3 Å². The number of nitrogens with zero attached hydrogens (tertiary/aromatic N) is 2. The lowest BCUT2D eigenvalue weighted by Gasteiger charge is -2.22. The van der Waals surface area contributed by atoms with E-state index in [1.54, 1.807) is 0 Å². The van der Waals surface area contributed by atoms with Crippen molar-refractivity contribution < 1.29 is 4.79 Å². The van der Waals surface area contributed by atoms with Crippen LogP contribution in [0, 0.1) is 5.92 Å². The summed E-state index contributed by atoms with van der Waals surface area (Å²) in [4.78, 5) is 20.3. The van der Waals surface area contributed by atoms with Crippen LogP contribution >= 0.6 is 11.6 Å². The number of amides is 1. The largest absolute Gasteiger partial charge is 0.369 e. The molecule has 7 heteroatoms. The van der Waals surface area contributed by atoms with Gasteiger partial charge in [-0.25, -0.2) is 4.98 Å². The van der Waals surface area contributed by atoms with Gasteiger partial charge in [0.15, 0.2) is 0 Å². The molecule has 0 radical (unpaired) electrons. The van der Waals surface area contributed by atoms with Crippen molar-refractivity contribution in [2.45, 2.75) is 38.6 Å². The molecular weight excluding hydrogens is 350 g/mol. The summed E-state index contributed by atoms with van der Waals surface area (Å²) in [5, 5.41) is 7.17. The van der Waals surface area contributed by atoms with Gasteiger partial charge in [0.2, 0.25) is 5.95 Å². The third kappa shape index (κ3) is 5.08. The Kier molecular flexibility index (Phi) is 6.28. The van der Waals surface area contributed by atoms with Crippen molar-refractivity contribution in [2.75, 3.05) is 17.2 Å². The number of aromatic nitrogens is 2. The maximum atomic E-state index is 11.7. The summed E-state index contributed by atoms with van der Waals surface area (Å²) in [6.07, 6.45) is 7.76. The molecular formula is C19H24ClN5O. The fourth-order valence-corrected chi connectivity index (χ4v) is 3.32. The lowest BCUT2D eigenvalue weighted by Crippen LogP contribution is -2.22. The molecule has 4 N–H and O–H groups in total. The summed E-state index contributed by atoms with van der Waals surface area (Å²) in [6.45, 7) is 1.36. The molecule has 0 atom stereocenters. The average molecular weight is 374 g/mol. The summed E-state index contributed by atoms with van der Waals surface area (Å²) in [6, 6.07) is 7.56. The smallest absolute Gasteiger partial charge is 0.254 e. The standard InChI is InChI=1S/C19H24ClN5O/c20-15-8-6-14(7-9-15)11-23-19-24-12-16(17(21)26)18(25-19)22-10-13-4-2-1-3-5-13/h6-9,12-13H,1-5,10-11H2,(H2,21,26)(H2,22,23,24,25). The lowest BCUT2D eigenvalue weighted by molar-refractivity contribution is 0.100. The van der Waals surface area contributed by atoms with Crippen LogP contribution in [0.1, 0.15) is 48.0 Å². The molecule has 1 aliphatic rings. The molecule has 26 heavy (non-hydrogen) atoms. The van der Waals surface area contributed by atoms with Crippen molar-refractivity contribution in [2.24, 2.45) is 11.7 Å². The average Bonchev–Trinajstić information content (AvgIpc) is 2.66. The van der Waals surface area contributed by atoms with Gasteiger partial charge in [-0.2, -0.15) is 4.98 Å². The highest BCUT2D eigenvalue weighted by Crippen LogP contribution is 2.24. The second-order valence-electron chi connectivity index (χ2n) is 6.69. The minimum absolute atomic E-state index is 0.317. The van der Waals surface area contributed by atoms with E-state index in [1.165, 1.54) is 38.3 Å². The van der Waals surface area contributed by atoms with Gasteiger partial charge in [0, 0.05) is 24.3 Å². The summed E-state index contributed by atoms with van der Waals surface area (Å²) in [5.74, 6) is 1.04. The third-order valence-corrected chi connectivity index (χ3v) is 4.95. The fraction of sp³-hybridized carbons (Fsp3) is 0.421. The Morgan fingerprint density at radius 1 is 1.15 bits per heavy atom. The third-order valence-electron chi connectivity index (χ3n) is 4.70. The number of hydrogen-bond donors (Lipinski definition) is 3. The summed E-state index contributed by atoms with van der Waals surface area (Å²) < 4.78 is 0. The molecule has 1 saturated carbocycles. The molecule has 0 spiro atoms. The van der Waals surface area contributed by atoms with Gasteiger partial charge in [-0.3, -0.25) is 4.79 Å². The second kappa shape index (κ2) is 8.85. The van der Waals surface area contributed by atoms with Gasteiger partial charge in [0.1, 0.15) is 5.82 Å². The minimum atomic E-state index is -0.527. The highest BCUT2D eigenvalue weighted by atomic mass is 35.5. The Bertz CT molecular complexity index is 744. The van der Waals surface area contributed by atoms with Gasteiger partial charge < -0.3 is 16.4 Å². The van der Waals surface area contributed by atoms with Crippen LogP contribution in [0.3, 0.4) is 0 Å². The number of halogens is 1. The number of carbonyl (C=O) groups is 1. The van der Waals surface area contributed by atoms with Crippen LogP contribution in [0.15, 0.2) is 30.5 Å². The van der Waals surface area contributed by atoms with E-state index in [0.717, 1.165) is 12.1 Å². The molecule has 0 unspecified atom stereocenters. The normalized spacial score (nSPS) is 14.8. The highest BCUT2D eigenvalue weighted by molar-refractivity contribution is 6.30. The lowest BCUT2D eigenvalue weighted by atomic mass is 9.89. The number of benzene rings is 1.